The van der Waals surface area contributed by atoms with Gasteiger partial charge in [-0.3, -0.25) is 4.79 Å². The van der Waals surface area contributed by atoms with E-state index in [1.165, 1.54) is 14.0 Å². The lowest BCUT2D eigenvalue weighted by atomic mass is 9.77. The second-order valence-electron chi connectivity index (χ2n) is 17.8. The molecule has 3 heterocycles. The van der Waals surface area contributed by atoms with Gasteiger partial charge in [0.2, 0.25) is 0 Å². The quantitative estimate of drug-likeness (QED) is 0.175. The molecule has 0 saturated carbocycles. The van der Waals surface area contributed by atoms with Crippen LogP contribution in [0, 0.1) is 17.8 Å². The zero-order valence-corrected chi connectivity index (χ0v) is 35.8. The van der Waals surface area contributed by atoms with Crippen LogP contribution in [-0.2, 0) is 33.2 Å². The second kappa shape index (κ2) is 19.8. The Bertz CT molecular complexity index is 1200. The standard InChI is InChI=1S/C40H76N2O13/c1-14-29-40(10,49)33(45)26(6)42(12)21-22(2)19-38(8,48)35(55-37-31(44)28(18-23(3)51-37)41(11)16-15-17-43)24(4)32(25(5)36(47)53-29)54-30-20-39(9,50-13)34(46)27(7)52-30/h22-35,37,43-46,48-49H,14-21H2,1-13H3/t22-,23-,24+,25-,26-,27+,28+,29-,30+,31-,32+,33-,34+,35-,37+,38-,39-,40-/m1/s1. The first kappa shape index (κ1) is 48.3. The molecule has 0 amide bonds. The number of methoxy groups -OCH3 is 1. The number of hydrogen-bond donors (Lipinski definition) is 6. The molecular formula is C40H76N2O13. The van der Waals surface area contributed by atoms with Gasteiger partial charge in [0.25, 0.3) is 0 Å². The first-order chi connectivity index (χ1) is 25.4. The zero-order chi connectivity index (χ0) is 41.8. The molecule has 0 radical (unpaired) electrons. The van der Waals surface area contributed by atoms with Gasteiger partial charge in [-0.2, -0.15) is 0 Å². The van der Waals surface area contributed by atoms with Crippen LogP contribution in [0.3, 0.4) is 0 Å². The minimum absolute atomic E-state index is 0.0112. The van der Waals surface area contributed by atoms with Crippen molar-refractivity contribution in [2.24, 2.45) is 17.8 Å². The molecule has 3 aliphatic rings. The molecule has 0 unspecified atom stereocenters. The summed E-state index contributed by atoms with van der Waals surface area (Å²) in [5.41, 5.74) is -4.45. The molecule has 0 spiro atoms. The summed E-state index contributed by atoms with van der Waals surface area (Å²) in [6.07, 6.45) is -8.13. The number of carbonyl (C=O) groups is 1. The number of ether oxygens (including phenoxy) is 6. The largest absolute Gasteiger partial charge is 0.459 e. The lowest BCUT2D eigenvalue weighted by Crippen LogP contribution is -2.61. The number of rotatable bonds is 10. The topological polar surface area (TPSA) is 200 Å². The minimum Gasteiger partial charge on any atom is -0.459 e. The Hall–Kier alpha value is -1.05. The average molecular weight is 793 g/mol. The normalized spacial score (nSPS) is 47.6. The summed E-state index contributed by atoms with van der Waals surface area (Å²) in [5.74, 6) is -2.68. The maximum absolute atomic E-state index is 14.3. The maximum atomic E-state index is 14.3. The number of carbonyl (C=O) groups excluding carboxylic acids is 1. The maximum Gasteiger partial charge on any atom is 0.311 e. The summed E-state index contributed by atoms with van der Waals surface area (Å²) in [6.45, 7) is 18.5. The molecule has 15 nitrogen and oxygen atoms in total. The average Bonchev–Trinajstić information content (AvgIpc) is 3.11. The molecule has 18 atom stereocenters. The Balaban J connectivity index is 2.17. The number of esters is 1. The van der Waals surface area contributed by atoms with E-state index in [0.717, 1.165) is 0 Å². The van der Waals surface area contributed by atoms with Crippen LogP contribution >= 0.6 is 0 Å². The molecule has 3 fully saturated rings. The Morgan fingerprint density at radius 3 is 2.18 bits per heavy atom. The van der Waals surface area contributed by atoms with Crippen molar-refractivity contribution in [2.45, 2.75) is 192 Å². The van der Waals surface area contributed by atoms with Crippen molar-refractivity contribution >= 4 is 5.97 Å². The van der Waals surface area contributed by atoms with Crippen molar-refractivity contribution in [1.82, 2.24) is 9.80 Å². The van der Waals surface area contributed by atoms with Gasteiger partial charge < -0.3 is 68.9 Å². The minimum atomic E-state index is -1.81. The molecular weight excluding hydrogens is 716 g/mol. The molecule has 0 bridgehead atoms. The first-order valence-corrected chi connectivity index (χ1v) is 20.3. The van der Waals surface area contributed by atoms with Crippen LogP contribution in [0.15, 0.2) is 0 Å². The summed E-state index contributed by atoms with van der Waals surface area (Å²) >= 11 is 0. The molecule has 6 N–H and O–H groups in total. The lowest BCUT2D eigenvalue weighted by molar-refractivity contribution is -0.318. The van der Waals surface area contributed by atoms with E-state index in [2.05, 4.69) is 0 Å². The number of nitrogens with zero attached hydrogens (tertiary/aromatic N) is 2. The van der Waals surface area contributed by atoms with Gasteiger partial charge in [0.15, 0.2) is 12.6 Å². The Morgan fingerprint density at radius 1 is 0.964 bits per heavy atom. The van der Waals surface area contributed by atoms with Crippen LogP contribution in [0.4, 0.5) is 0 Å². The van der Waals surface area contributed by atoms with E-state index in [1.807, 2.05) is 44.7 Å². The molecule has 0 aromatic carbocycles. The highest BCUT2D eigenvalue weighted by molar-refractivity contribution is 5.73. The number of likely N-dealkylation sites (N-methyl/N-ethyl adjacent to an activating group) is 2. The third kappa shape index (κ3) is 11.4. The van der Waals surface area contributed by atoms with Gasteiger partial charge in [-0.15, -0.1) is 0 Å². The van der Waals surface area contributed by atoms with Crippen LogP contribution in [0.5, 0.6) is 0 Å². The fraction of sp³-hybridized carbons (Fsp3) is 0.975. The van der Waals surface area contributed by atoms with E-state index < -0.39 is 96.0 Å². The van der Waals surface area contributed by atoms with Crippen LogP contribution < -0.4 is 0 Å². The van der Waals surface area contributed by atoms with Crippen molar-refractivity contribution in [3.8, 4) is 0 Å². The highest BCUT2D eigenvalue weighted by Crippen LogP contribution is 2.40. The Kier molecular flexibility index (Phi) is 17.4. The van der Waals surface area contributed by atoms with E-state index in [0.29, 0.717) is 25.9 Å². The molecule has 3 aliphatic heterocycles. The highest BCUT2D eigenvalue weighted by Gasteiger charge is 2.52. The van der Waals surface area contributed by atoms with Gasteiger partial charge in [-0.25, -0.2) is 0 Å². The van der Waals surface area contributed by atoms with E-state index in [1.54, 1.807) is 41.5 Å². The first-order valence-electron chi connectivity index (χ1n) is 20.3. The van der Waals surface area contributed by atoms with Crippen molar-refractivity contribution in [3.05, 3.63) is 0 Å². The zero-order valence-electron chi connectivity index (χ0n) is 35.8. The molecule has 3 rings (SSSR count). The van der Waals surface area contributed by atoms with E-state index >= 15 is 0 Å². The summed E-state index contributed by atoms with van der Waals surface area (Å²) in [7, 11) is 5.22. The van der Waals surface area contributed by atoms with Crippen LogP contribution in [-0.4, -0.2) is 178 Å². The fourth-order valence-corrected chi connectivity index (χ4v) is 9.15. The van der Waals surface area contributed by atoms with Gasteiger partial charge in [-0.1, -0.05) is 20.8 Å². The van der Waals surface area contributed by atoms with Crippen molar-refractivity contribution in [3.63, 3.8) is 0 Å². The second-order valence-corrected chi connectivity index (χ2v) is 17.8. The van der Waals surface area contributed by atoms with Gasteiger partial charge in [0.05, 0.1) is 41.5 Å². The van der Waals surface area contributed by atoms with Crippen LogP contribution in [0.1, 0.15) is 101 Å². The van der Waals surface area contributed by atoms with Crippen molar-refractivity contribution < 1.29 is 63.9 Å². The number of aliphatic hydroxyl groups is 6. The number of hydrogen-bond acceptors (Lipinski definition) is 15. The van der Waals surface area contributed by atoms with Gasteiger partial charge >= 0.3 is 5.97 Å². The molecule has 55 heavy (non-hydrogen) atoms. The summed E-state index contributed by atoms with van der Waals surface area (Å²) in [6, 6.07) is -0.916. The summed E-state index contributed by atoms with van der Waals surface area (Å²) in [4.78, 5) is 18.2. The predicted molar refractivity (Wildman–Crippen MR) is 205 cm³/mol. The molecule has 0 aromatic heterocycles. The Morgan fingerprint density at radius 2 is 1.60 bits per heavy atom. The number of cyclic esters (lactones) is 1. The molecule has 0 aliphatic carbocycles. The van der Waals surface area contributed by atoms with Gasteiger partial charge in [0.1, 0.15) is 30.0 Å². The van der Waals surface area contributed by atoms with Crippen LogP contribution in [0.2, 0.25) is 0 Å². The summed E-state index contributed by atoms with van der Waals surface area (Å²) < 4.78 is 37.7. The highest BCUT2D eigenvalue weighted by atomic mass is 16.7. The molecule has 15 heteroatoms. The molecule has 3 saturated heterocycles. The lowest BCUT2D eigenvalue weighted by Gasteiger charge is -2.49. The van der Waals surface area contributed by atoms with Crippen molar-refractivity contribution in [2.75, 3.05) is 40.9 Å². The van der Waals surface area contributed by atoms with E-state index in [9.17, 15) is 35.4 Å². The smallest absolute Gasteiger partial charge is 0.311 e. The predicted octanol–water partition coefficient (Wildman–Crippen LogP) is 1.65. The third-order valence-electron chi connectivity index (χ3n) is 12.8. The molecule has 0 aromatic rings. The van der Waals surface area contributed by atoms with E-state index in [-0.39, 0.29) is 43.9 Å². The molecule has 324 valence electrons. The fourth-order valence-electron chi connectivity index (χ4n) is 9.15. The Labute approximate surface area is 329 Å². The SMILES string of the molecule is CC[C@H]1OC(=O)[C@H](C)[C@@H](O[C@H]2C[C@@](C)(OC)[C@@H](O)[C@H](C)O2)[C@H](C)[C@@H](O[C@@H]2O[C@H](C)C[C@H](N(C)CCCO)[C@H]2O)[C@](C)(O)C[C@@H](C)CN(C)[C@H](C)[C@@H](O)[C@]1(C)O. The van der Waals surface area contributed by atoms with Gasteiger partial charge in [-0.05, 0) is 94.2 Å². The number of aliphatic hydroxyl groups excluding tert-OH is 4. The van der Waals surface area contributed by atoms with Crippen molar-refractivity contribution in [1.29, 1.82) is 0 Å². The van der Waals surface area contributed by atoms with Crippen LogP contribution in [0.25, 0.3) is 0 Å². The van der Waals surface area contributed by atoms with E-state index in [4.69, 9.17) is 28.4 Å². The third-order valence-corrected chi connectivity index (χ3v) is 12.8. The summed E-state index contributed by atoms with van der Waals surface area (Å²) in [5, 5.41) is 68.0. The van der Waals surface area contributed by atoms with Gasteiger partial charge in [0, 0.05) is 51.2 Å². The monoisotopic (exact) mass is 793 g/mol.